The maximum Gasteiger partial charge on any atom is 0.446 e. The Morgan fingerprint density at radius 2 is 1.96 bits per heavy atom. The van der Waals surface area contributed by atoms with Gasteiger partial charge in [-0.3, -0.25) is 4.55 Å². The smallest absolute Gasteiger partial charge is 0.446 e. The van der Waals surface area contributed by atoms with Gasteiger partial charge in [0.1, 0.15) is 0 Å². The Balaban J connectivity index is 1.68. The van der Waals surface area contributed by atoms with Gasteiger partial charge in [-0.05, 0) is 85.0 Å². The molecule has 2 fully saturated rings. The highest BCUT2D eigenvalue weighted by Gasteiger charge is 2.54. The van der Waals surface area contributed by atoms with E-state index in [1.165, 1.54) is 6.07 Å². The van der Waals surface area contributed by atoms with Crippen LogP contribution in [-0.4, -0.2) is 29.3 Å². The summed E-state index contributed by atoms with van der Waals surface area (Å²) in [4.78, 5) is 0. The molecule has 3 aliphatic rings. The van der Waals surface area contributed by atoms with Gasteiger partial charge in [0.2, 0.25) is 0 Å². The van der Waals surface area contributed by atoms with Crippen LogP contribution in [0.25, 0.3) is 0 Å². The second-order valence-corrected chi connectivity index (χ2v) is 9.11. The number of hydrogen-bond acceptors (Lipinski definition) is 5. The van der Waals surface area contributed by atoms with E-state index in [4.69, 9.17) is 4.55 Å². The number of hydrogen-bond donors (Lipinski definition) is 3. The Kier molecular flexibility index (Phi) is 3.83. The van der Waals surface area contributed by atoms with E-state index in [0.29, 0.717) is 17.8 Å². The van der Waals surface area contributed by atoms with Crippen molar-refractivity contribution in [3.8, 4) is 11.5 Å². The van der Waals surface area contributed by atoms with Crippen molar-refractivity contribution in [2.75, 3.05) is 0 Å². The van der Waals surface area contributed by atoms with E-state index in [1.807, 2.05) is 0 Å². The number of phenolic OH excluding ortho intramolecular Hbond substituents is 1. The van der Waals surface area contributed by atoms with Gasteiger partial charge in [-0.1, -0.05) is 6.92 Å². The molecule has 7 heteroatoms. The molecule has 1 aromatic rings. The zero-order valence-electron chi connectivity index (χ0n) is 14.2. The summed E-state index contributed by atoms with van der Waals surface area (Å²) in [5.41, 5.74) is 2.02. The molecule has 5 atom stereocenters. The summed E-state index contributed by atoms with van der Waals surface area (Å²) in [7, 11) is -4.66. The summed E-state index contributed by atoms with van der Waals surface area (Å²) < 4.78 is 35.2. The summed E-state index contributed by atoms with van der Waals surface area (Å²) >= 11 is 0. The molecule has 25 heavy (non-hydrogen) atoms. The number of benzene rings is 1. The molecule has 6 nitrogen and oxygen atoms in total. The van der Waals surface area contributed by atoms with Crippen molar-refractivity contribution in [1.82, 2.24) is 0 Å². The molecule has 0 unspecified atom stereocenters. The van der Waals surface area contributed by atoms with Gasteiger partial charge in [-0.25, -0.2) is 0 Å². The quantitative estimate of drug-likeness (QED) is 0.694. The molecule has 3 aliphatic carbocycles. The summed E-state index contributed by atoms with van der Waals surface area (Å²) in [6, 6.07) is 3.13. The highest BCUT2D eigenvalue weighted by atomic mass is 32.3. The predicted molar refractivity (Wildman–Crippen MR) is 90.9 cm³/mol. The van der Waals surface area contributed by atoms with Crippen LogP contribution >= 0.6 is 0 Å². The van der Waals surface area contributed by atoms with Gasteiger partial charge in [0.05, 0.1) is 6.10 Å². The molecule has 138 valence electrons. The van der Waals surface area contributed by atoms with Crippen LogP contribution in [0.15, 0.2) is 12.1 Å². The monoisotopic (exact) mass is 368 g/mol. The van der Waals surface area contributed by atoms with Gasteiger partial charge >= 0.3 is 10.4 Å². The Bertz CT molecular complexity index is 804. The van der Waals surface area contributed by atoms with Crippen LogP contribution in [0.2, 0.25) is 0 Å². The van der Waals surface area contributed by atoms with E-state index in [9.17, 15) is 18.6 Å². The fourth-order valence-electron chi connectivity index (χ4n) is 5.74. The van der Waals surface area contributed by atoms with Crippen molar-refractivity contribution < 1.29 is 27.4 Å². The topological polar surface area (TPSA) is 104 Å². The van der Waals surface area contributed by atoms with E-state index >= 15 is 0 Å². The zero-order chi connectivity index (χ0) is 18.0. The molecule has 0 heterocycles. The first-order valence-electron chi connectivity index (χ1n) is 8.90. The summed E-state index contributed by atoms with van der Waals surface area (Å²) in [6.07, 6.45) is 5.37. The van der Waals surface area contributed by atoms with Gasteiger partial charge in [-0.2, -0.15) is 8.42 Å². The Morgan fingerprint density at radius 1 is 1.20 bits per heavy atom. The van der Waals surface area contributed by atoms with E-state index < -0.39 is 10.4 Å². The van der Waals surface area contributed by atoms with Crippen molar-refractivity contribution >= 4 is 10.4 Å². The van der Waals surface area contributed by atoms with Crippen molar-refractivity contribution in [3.63, 3.8) is 0 Å². The van der Waals surface area contributed by atoms with E-state index in [1.54, 1.807) is 6.07 Å². The highest BCUT2D eigenvalue weighted by molar-refractivity contribution is 7.81. The lowest BCUT2D eigenvalue weighted by molar-refractivity contribution is -0.0226. The first-order valence-corrected chi connectivity index (χ1v) is 10.3. The molecular weight excluding hydrogens is 344 g/mol. The maximum atomic E-state index is 10.9. The summed E-state index contributed by atoms with van der Waals surface area (Å²) in [5.74, 6) is 0.799. The van der Waals surface area contributed by atoms with Gasteiger partial charge in [-0.15, -0.1) is 0 Å². The second kappa shape index (κ2) is 5.59. The lowest BCUT2D eigenvalue weighted by Crippen LogP contribution is -2.43. The molecule has 1 aromatic carbocycles. The van der Waals surface area contributed by atoms with Gasteiger partial charge < -0.3 is 14.4 Å². The fraction of sp³-hybridized carbons (Fsp3) is 0.667. The number of rotatable bonds is 2. The SMILES string of the molecule is C[C@]12CC[C@@H]3c4cc(O)c(OS(=O)(=O)O)cc4CC[C@H]3[C@@H]1CC[C@@H]2O. The number of aryl methyl sites for hydroxylation is 1. The minimum absolute atomic E-state index is 0.00523. The molecule has 0 radical (unpaired) electrons. The average Bonchev–Trinajstić information content (AvgIpc) is 2.82. The van der Waals surface area contributed by atoms with Gasteiger partial charge in [0, 0.05) is 0 Å². The average molecular weight is 368 g/mol. The standard InChI is InChI=1S/C18H24O6S/c1-18-7-6-11-12(14(18)4-5-17(18)20)3-2-10-8-16(24-25(21,22)23)15(19)9-13(10)11/h8-9,11-12,14,17,19-20H,2-7H2,1H3,(H,21,22,23)/t11-,12+,14-,17-,18-/m0/s1. The van der Waals surface area contributed by atoms with Crippen LogP contribution in [0.3, 0.4) is 0 Å². The number of phenols is 1. The van der Waals surface area contributed by atoms with Crippen molar-refractivity contribution in [2.45, 2.75) is 57.5 Å². The van der Waals surface area contributed by atoms with E-state index in [-0.39, 0.29) is 23.0 Å². The van der Waals surface area contributed by atoms with Gasteiger partial charge in [0.15, 0.2) is 11.5 Å². The van der Waals surface area contributed by atoms with Crippen molar-refractivity contribution in [2.24, 2.45) is 17.3 Å². The molecule has 0 saturated heterocycles. The lowest BCUT2D eigenvalue weighted by atomic mass is 9.55. The number of aromatic hydroxyl groups is 1. The van der Waals surface area contributed by atoms with Crippen LogP contribution in [0.4, 0.5) is 0 Å². The molecule has 4 rings (SSSR count). The number of aliphatic hydroxyl groups is 1. The molecular formula is C18H24O6S. The predicted octanol–water partition coefficient (Wildman–Crippen LogP) is 2.79. The molecule has 0 spiro atoms. The summed E-state index contributed by atoms with van der Waals surface area (Å²) in [6.45, 7) is 2.21. The Hall–Kier alpha value is -1.31. The normalized spacial score (nSPS) is 37.1. The van der Waals surface area contributed by atoms with E-state index in [0.717, 1.165) is 49.7 Å². The largest absolute Gasteiger partial charge is 0.504 e. The Morgan fingerprint density at radius 3 is 2.68 bits per heavy atom. The second-order valence-electron chi connectivity index (χ2n) is 8.08. The van der Waals surface area contributed by atoms with Crippen molar-refractivity contribution in [3.05, 3.63) is 23.3 Å². The van der Waals surface area contributed by atoms with Crippen LogP contribution in [0, 0.1) is 17.3 Å². The van der Waals surface area contributed by atoms with Gasteiger partial charge in [0.25, 0.3) is 0 Å². The third-order valence-electron chi connectivity index (χ3n) is 6.95. The minimum Gasteiger partial charge on any atom is -0.504 e. The number of fused-ring (bicyclic) bond motifs is 5. The third-order valence-corrected chi connectivity index (χ3v) is 7.34. The zero-order valence-corrected chi connectivity index (χ0v) is 15.0. The molecule has 2 saturated carbocycles. The van der Waals surface area contributed by atoms with E-state index in [2.05, 4.69) is 11.1 Å². The first kappa shape index (κ1) is 17.1. The Labute approximate surface area is 147 Å². The molecule has 0 aromatic heterocycles. The van der Waals surface area contributed by atoms with Crippen molar-refractivity contribution in [1.29, 1.82) is 0 Å². The van der Waals surface area contributed by atoms with Crippen LogP contribution in [-0.2, 0) is 16.8 Å². The highest BCUT2D eigenvalue weighted by Crippen LogP contribution is 2.61. The molecule has 3 N–H and O–H groups in total. The first-order chi connectivity index (χ1) is 11.7. The van der Waals surface area contributed by atoms with Crippen LogP contribution in [0.5, 0.6) is 11.5 Å². The summed E-state index contributed by atoms with van der Waals surface area (Å²) in [5, 5.41) is 20.6. The minimum atomic E-state index is -4.66. The van der Waals surface area contributed by atoms with Crippen LogP contribution in [0.1, 0.15) is 56.1 Å². The maximum absolute atomic E-state index is 10.9. The fourth-order valence-corrected chi connectivity index (χ4v) is 6.10. The third kappa shape index (κ3) is 2.73. The lowest BCUT2D eigenvalue weighted by Gasteiger charge is -2.50. The molecule has 0 amide bonds. The molecule has 0 bridgehead atoms. The van der Waals surface area contributed by atoms with Crippen LogP contribution < -0.4 is 4.18 Å². The number of aliphatic hydroxyl groups excluding tert-OH is 1. The molecule has 0 aliphatic heterocycles.